The number of carbonyl (C=O) groups is 2. The number of Topliss-reactive ketones (excluding diaryl/α,β-unsaturated/α-hetero) is 1. The number of anilines is 1. The molecule has 1 spiro atoms. The second-order valence-electron chi connectivity index (χ2n) is 11.4. The first kappa shape index (κ1) is 27.3. The van der Waals surface area contributed by atoms with Crippen molar-refractivity contribution in [3.8, 4) is 5.69 Å². The molecule has 12 heteroatoms. The molecule has 2 fully saturated rings. The lowest BCUT2D eigenvalue weighted by atomic mass is 9.69. The molecule has 0 unspecified atom stereocenters. The number of ketones is 1. The van der Waals surface area contributed by atoms with Crippen molar-refractivity contribution in [1.29, 1.82) is 0 Å². The van der Waals surface area contributed by atoms with E-state index in [-0.39, 0.29) is 23.4 Å². The van der Waals surface area contributed by atoms with E-state index in [0.29, 0.717) is 34.1 Å². The molecule has 2 N–H and O–H groups in total. The van der Waals surface area contributed by atoms with Crippen molar-refractivity contribution >= 4 is 61.7 Å². The molecule has 0 aliphatic carbocycles. The zero-order chi connectivity index (χ0) is 30.3. The number of thioether (sulfide) groups is 1. The van der Waals surface area contributed by atoms with Crippen LogP contribution >= 0.6 is 27.7 Å². The molecule has 10 nitrogen and oxygen atoms in total. The third-order valence-corrected chi connectivity index (χ3v) is 10.9. The van der Waals surface area contributed by atoms with Gasteiger partial charge in [-0.25, -0.2) is 4.68 Å². The minimum absolute atomic E-state index is 0.123. The Balaban J connectivity index is 1.39. The van der Waals surface area contributed by atoms with Gasteiger partial charge >= 0.3 is 0 Å². The number of carbonyl (C=O) groups excluding carboxylic acids is 2. The molecule has 1 amide bonds. The molecule has 3 aromatic carbocycles. The van der Waals surface area contributed by atoms with Crippen LogP contribution < -0.4 is 5.32 Å². The molecule has 4 atom stereocenters. The number of nitrogens with one attached hydrogen (secondary N) is 2. The predicted molar refractivity (Wildman–Crippen MR) is 171 cm³/mol. The van der Waals surface area contributed by atoms with Gasteiger partial charge in [0.2, 0.25) is 5.91 Å². The number of H-pyrrole nitrogens is 1. The number of nitro groups is 1. The largest absolute Gasteiger partial charge is 0.361 e. The first-order valence-electron chi connectivity index (χ1n) is 14.2. The monoisotopic (exact) mass is 668 g/mol. The lowest BCUT2D eigenvalue weighted by Crippen LogP contribution is -2.52. The number of rotatable bonds is 5. The number of aromatic amines is 1. The molecule has 3 aliphatic heterocycles. The number of fused-ring (bicyclic) bond motifs is 5. The zero-order valence-electron chi connectivity index (χ0n) is 23.4. The van der Waals surface area contributed by atoms with Gasteiger partial charge in [-0.1, -0.05) is 34.1 Å². The van der Waals surface area contributed by atoms with Crippen molar-refractivity contribution in [2.24, 2.45) is 5.92 Å². The summed E-state index contributed by atoms with van der Waals surface area (Å²) in [4.78, 5) is 46.6. The summed E-state index contributed by atoms with van der Waals surface area (Å²) in [6.45, 7) is 1.86. The zero-order valence-corrected chi connectivity index (χ0v) is 25.8. The van der Waals surface area contributed by atoms with Gasteiger partial charge in [-0.2, -0.15) is 5.10 Å². The number of hydrogen-bond donors (Lipinski definition) is 2. The van der Waals surface area contributed by atoms with E-state index >= 15 is 4.79 Å². The number of nitro benzene ring substituents is 1. The van der Waals surface area contributed by atoms with Crippen LogP contribution in [0.2, 0.25) is 0 Å². The van der Waals surface area contributed by atoms with Crippen LogP contribution in [0.15, 0.2) is 83.6 Å². The molecule has 5 heterocycles. The molecular formula is C32H25BrN6O4S. The molecular weight excluding hydrogens is 644 g/mol. The van der Waals surface area contributed by atoms with E-state index in [1.54, 1.807) is 28.7 Å². The van der Waals surface area contributed by atoms with Crippen LogP contribution in [0.1, 0.15) is 33.1 Å². The highest BCUT2D eigenvalue weighted by Gasteiger charge is 2.70. The number of amides is 1. The number of para-hydroxylation sites is 1. The summed E-state index contributed by atoms with van der Waals surface area (Å²) < 4.78 is 2.63. The van der Waals surface area contributed by atoms with Crippen LogP contribution in [-0.4, -0.2) is 53.9 Å². The van der Waals surface area contributed by atoms with Gasteiger partial charge in [0.1, 0.15) is 5.54 Å². The maximum Gasteiger partial charge on any atom is 0.269 e. The maximum atomic E-state index is 15.2. The first-order chi connectivity index (χ1) is 21.3. The minimum atomic E-state index is -1.45. The first-order valence-corrected chi connectivity index (χ1v) is 16.1. The standard InChI is InChI=1S/C32H25BrN6O4S/c1-17-22(14-35-38(17)19-5-3-2-4-6-19)30(40)29-28(23-13-34-25-9-7-18(33)11-21(23)25)27-15-44-16-37(27)32(29)24-12-20(39(42)43)8-10-26(24)36-31(32)41/h2-14,27-29,34H,15-16H2,1H3,(H,36,41)/t27-,28-,29-,32+/m1/s1. The number of halogens is 1. The third-order valence-electron chi connectivity index (χ3n) is 9.41. The Kier molecular flexibility index (Phi) is 6.13. The Labute approximate surface area is 264 Å². The molecule has 2 aromatic heterocycles. The Morgan fingerprint density at radius 2 is 1.98 bits per heavy atom. The van der Waals surface area contributed by atoms with E-state index in [0.717, 1.165) is 26.6 Å². The van der Waals surface area contributed by atoms with Crippen molar-refractivity contribution in [2.75, 3.05) is 16.9 Å². The summed E-state index contributed by atoms with van der Waals surface area (Å²) in [5.41, 5.74) is 3.16. The van der Waals surface area contributed by atoms with E-state index in [4.69, 9.17) is 0 Å². The van der Waals surface area contributed by atoms with Gasteiger partial charge in [0.15, 0.2) is 5.78 Å². The van der Waals surface area contributed by atoms with Crippen molar-refractivity contribution in [1.82, 2.24) is 19.7 Å². The van der Waals surface area contributed by atoms with Crippen molar-refractivity contribution < 1.29 is 14.5 Å². The van der Waals surface area contributed by atoms with Crippen LogP contribution in [0, 0.1) is 23.0 Å². The summed E-state index contributed by atoms with van der Waals surface area (Å²) in [5.74, 6) is -0.618. The topological polar surface area (TPSA) is 126 Å². The predicted octanol–water partition coefficient (Wildman–Crippen LogP) is 6.15. The summed E-state index contributed by atoms with van der Waals surface area (Å²) in [6.07, 6.45) is 3.53. The number of aromatic nitrogens is 3. The minimum Gasteiger partial charge on any atom is -0.361 e. The molecule has 0 saturated carbocycles. The Hall–Kier alpha value is -4.26. The fraction of sp³-hybridized carbons (Fsp3) is 0.219. The lowest BCUT2D eigenvalue weighted by molar-refractivity contribution is -0.385. The second kappa shape index (κ2) is 9.88. The average molecular weight is 670 g/mol. The number of nitrogens with zero attached hydrogens (tertiary/aromatic N) is 4. The van der Waals surface area contributed by atoms with Gasteiger partial charge in [0, 0.05) is 68.5 Å². The van der Waals surface area contributed by atoms with Crippen LogP contribution in [0.3, 0.4) is 0 Å². The number of hydrogen-bond acceptors (Lipinski definition) is 7. The summed E-state index contributed by atoms with van der Waals surface area (Å²) >= 11 is 5.31. The van der Waals surface area contributed by atoms with Gasteiger partial charge in [-0.15, -0.1) is 11.8 Å². The van der Waals surface area contributed by atoms with E-state index in [1.807, 2.05) is 61.7 Å². The molecule has 0 radical (unpaired) electrons. The summed E-state index contributed by atoms with van der Waals surface area (Å²) in [7, 11) is 0. The van der Waals surface area contributed by atoms with E-state index in [9.17, 15) is 14.9 Å². The second-order valence-corrected chi connectivity index (χ2v) is 13.4. The Morgan fingerprint density at radius 1 is 1.16 bits per heavy atom. The molecule has 220 valence electrons. The van der Waals surface area contributed by atoms with Crippen LogP contribution in [0.5, 0.6) is 0 Å². The van der Waals surface area contributed by atoms with E-state index in [1.165, 1.54) is 12.1 Å². The molecule has 0 bridgehead atoms. The number of benzene rings is 3. The maximum absolute atomic E-state index is 15.2. The van der Waals surface area contributed by atoms with Crippen LogP contribution in [-0.2, 0) is 10.3 Å². The lowest BCUT2D eigenvalue weighted by Gasteiger charge is -2.36. The van der Waals surface area contributed by atoms with Crippen LogP contribution in [0.4, 0.5) is 11.4 Å². The highest BCUT2D eigenvalue weighted by Crippen LogP contribution is 2.62. The third kappa shape index (κ3) is 3.67. The summed E-state index contributed by atoms with van der Waals surface area (Å²) in [5, 5.41) is 20.5. The van der Waals surface area contributed by atoms with Gasteiger partial charge in [0.05, 0.1) is 34.0 Å². The van der Waals surface area contributed by atoms with Gasteiger partial charge in [-0.05, 0) is 48.9 Å². The van der Waals surface area contributed by atoms with Crippen molar-refractivity contribution in [3.05, 3.63) is 116 Å². The fourth-order valence-corrected chi connectivity index (χ4v) is 9.25. The smallest absolute Gasteiger partial charge is 0.269 e. The average Bonchev–Trinajstić information content (AvgIpc) is 3.83. The fourth-order valence-electron chi connectivity index (χ4n) is 7.56. The normalized spacial score (nSPS) is 24.1. The highest BCUT2D eigenvalue weighted by atomic mass is 79.9. The molecule has 44 heavy (non-hydrogen) atoms. The van der Waals surface area contributed by atoms with Crippen molar-refractivity contribution in [2.45, 2.75) is 24.4 Å². The molecule has 5 aromatic rings. The summed E-state index contributed by atoms with van der Waals surface area (Å²) in [6, 6.07) is 19.8. The quantitative estimate of drug-likeness (QED) is 0.131. The molecule has 3 aliphatic rings. The molecule has 8 rings (SSSR count). The van der Waals surface area contributed by atoms with Gasteiger partial charge < -0.3 is 10.3 Å². The Bertz CT molecular complexity index is 2030. The highest BCUT2D eigenvalue weighted by molar-refractivity contribution is 9.10. The van der Waals surface area contributed by atoms with Gasteiger partial charge in [0.25, 0.3) is 5.69 Å². The van der Waals surface area contributed by atoms with Crippen molar-refractivity contribution in [3.63, 3.8) is 0 Å². The van der Waals surface area contributed by atoms with E-state index < -0.39 is 22.3 Å². The Morgan fingerprint density at radius 3 is 2.77 bits per heavy atom. The number of non-ortho nitro benzene ring substituents is 1. The SMILES string of the molecule is Cc1c(C(=O)[C@H]2[C@H](c3c[nH]c4ccc(Br)cc34)[C@H]3CSCN3[C@]23C(=O)Nc2ccc([N+](=O)[O-])cc23)cnn1-c1ccccc1. The van der Waals surface area contributed by atoms with E-state index in [2.05, 4.69) is 36.2 Å². The van der Waals surface area contributed by atoms with Crippen LogP contribution in [0.25, 0.3) is 16.6 Å². The van der Waals surface area contributed by atoms with Gasteiger partial charge in [-0.3, -0.25) is 24.6 Å². The molecule has 2 saturated heterocycles.